The van der Waals surface area contributed by atoms with Gasteiger partial charge < -0.3 is 9.05 Å². The molecule has 0 saturated carbocycles. The fourth-order valence-corrected chi connectivity index (χ4v) is 5.03. The molecule has 0 aliphatic heterocycles. The van der Waals surface area contributed by atoms with Crippen LogP contribution in [0.3, 0.4) is 0 Å². The first-order chi connectivity index (χ1) is 9.09. The molecule has 0 heterocycles. The Morgan fingerprint density at radius 3 is 2.42 bits per heavy atom. The first kappa shape index (κ1) is 16.6. The van der Waals surface area contributed by atoms with Gasteiger partial charge in [0.05, 0.1) is 13.2 Å². The van der Waals surface area contributed by atoms with Crippen LogP contribution in [0.15, 0.2) is 24.3 Å². The molecule has 0 amide bonds. The van der Waals surface area contributed by atoms with Crippen molar-refractivity contribution in [3.63, 3.8) is 0 Å². The van der Waals surface area contributed by atoms with Crippen molar-refractivity contribution in [2.75, 3.05) is 13.2 Å². The van der Waals surface area contributed by atoms with Crippen molar-refractivity contribution in [2.24, 2.45) is 0 Å². The lowest BCUT2D eigenvalue weighted by Crippen LogP contribution is -2.04. The summed E-state index contributed by atoms with van der Waals surface area (Å²) in [5, 5.41) is 11.3. The van der Waals surface area contributed by atoms with Crippen LogP contribution in [0.25, 0.3) is 0 Å². The molecule has 0 aliphatic rings. The Bertz CT molecular complexity index is 496. The summed E-state index contributed by atoms with van der Waals surface area (Å²) in [6, 6.07) is 6.95. The van der Waals surface area contributed by atoms with Crippen LogP contribution in [0, 0.1) is 10.7 Å². The molecular weight excluding hydrogens is 305 g/mol. The van der Waals surface area contributed by atoms with E-state index in [9.17, 15) is 4.57 Å². The van der Waals surface area contributed by atoms with E-state index >= 15 is 0 Å². The van der Waals surface area contributed by atoms with Crippen LogP contribution < -0.4 is 0 Å². The fraction of sp³-hybridized carbons (Fsp3) is 0.417. The summed E-state index contributed by atoms with van der Waals surface area (Å²) in [7, 11) is -3.44. The number of thioether (sulfide) groups is 1. The van der Waals surface area contributed by atoms with Crippen molar-refractivity contribution in [2.45, 2.75) is 18.8 Å². The van der Waals surface area contributed by atoms with Gasteiger partial charge in [0.15, 0.2) is 0 Å². The van der Waals surface area contributed by atoms with E-state index < -0.39 is 12.6 Å². The van der Waals surface area contributed by atoms with E-state index in [-0.39, 0.29) is 13.2 Å². The highest BCUT2D eigenvalue weighted by atomic mass is 35.5. The Morgan fingerprint density at radius 2 is 1.95 bits per heavy atom. The van der Waals surface area contributed by atoms with Crippen LogP contribution in [0.1, 0.15) is 24.4 Å². The molecule has 1 atom stereocenters. The largest absolute Gasteiger partial charge is 0.349 e. The second-order valence-corrected chi connectivity index (χ2v) is 7.22. The van der Waals surface area contributed by atoms with Gasteiger partial charge in [-0.25, -0.2) is 0 Å². The summed E-state index contributed by atoms with van der Waals surface area (Å²) in [4.78, 5) is -0.744. The molecule has 0 radical (unpaired) electrons. The van der Waals surface area contributed by atoms with E-state index in [0.717, 1.165) is 11.8 Å². The minimum absolute atomic E-state index is 0.240. The predicted octanol–water partition coefficient (Wildman–Crippen LogP) is 4.82. The predicted molar refractivity (Wildman–Crippen MR) is 78.3 cm³/mol. The molecule has 0 aliphatic carbocycles. The van der Waals surface area contributed by atoms with Gasteiger partial charge in [0.1, 0.15) is 10.4 Å². The van der Waals surface area contributed by atoms with E-state index in [0.29, 0.717) is 10.6 Å². The number of hydrogen-bond acceptors (Lipinski definition) is 5. The zero-order valence-corrected chi connectivity index (χ0v) is 13.2. The van der Waals surface area contributed by atoms with Crippen LogP contribution in [0.4, 0.5) is 0 Å². The lowest BCUT2D eigenvalue weighted by molar-refractivity contribution is 0.218. The molecule has 1 rings (SSSR count). The molecule has 7 heteroatoms. The number of thiocyanates is 1. The Kier molecular flexibility index (Phi) is 6.92. The topological polar surface area (TPSA) is 59.3 Å². The molecule has 0 bridgehead atoms. The van der Waals surface area contributed by atoms with E-state index in [1.807, 2.05) is 5.40 Å². The van der Waals surface area contributed by atoms with E-state index in [4.69, 9.17) is 25.9 Å². The third-order valence-electron chi connectivity index (χ3n) is 2.24. The van der Waals surface area contributed by atoms with Gasteiger partial charge in [-0.3, -0.25) is 4.57 Å². The zero-order chi connectivity index (χ0) is 14.3. The van der Waals surface area contributed by atoms with Crippen molar-refractivity contribution in [1.29, 1.82) is 5.26 Å². The summed E-state index contributed by atoms with van der Waals surface area (Å²) >= 11 is 6.94. The minimum atomic E-state index is -3.44. The number of rotatable bonds is 7. The van der Waals surface area contributed by atoms with Crippen molar-refractivity contribution < 1.29 is 13.6 Å². The maximum atomic E-state index is 12.8. The fourth-order valence-electron chi connectivity index (χ4n) is 1.56. The second kappa shape index (κ2) is 7.94. The molecule has 1 aromatic carbocycles. The molecule has 0 saturated heterocycles. The highest BCUT2D eigenvalue weighted by Crippen LogP contribution is 2.66. The van der Waals surface area contributed by atoms with E-state index in [1.54, 1.807) is 38.1 Å². The quantitative estimate of drug-likeness (QED) is 0.532. The normalized spacial score (nSPS) is 12.9. The van der Waals surface area contributed by atoms with Crippen molar-refractivity contribution >= 4 is 31.0 Å². The minimum Gasteiger partial charge on any atom is -0.308 e. The van der Waals surface area contributed by atoms with Gasteiger partial charge in [-0.2, -0.15) is 5.26 Å². The average Bonchev–Trinajstić information content (AvgIpc) is 2.37. The second-order valence-electron chi connectivity index (χ2n) is 3.46. The molecule has 0 fully saturated rings. The molecule has 0 N–H and O–H groups in total. The Morgan fingerprint density at radius 1 is 1.37 bits per heavy atom. The number of nitrogens with zero attached hydrogens (tertiary/aromatic N) is 1. The average molecular weight is 320 g/mol. The Hall–Kier alpha value is -0.500. The highest BCUT2D eigenvalue weighted by molar-refractivity contribution is 8.08. The van der Waals surface area contributed by atoms with Crippen molar-refractivity contribution in [3.05, 3.63) is 34.9 Å². The van der Waals surface area contributed by atoms with E-state index in [2.05, 4.69) is 0 Å². The van der Waals surface area contributed by atoms with Crippen LogP contribution in [0.5, 0.6) is 0 Å². The van der Waals surface area contributed by atoms with Crippen LogP contribution in [0.2, 0.25) is 5.02 Å². The van der Waals surface area contributed by atoms with E-state index in [1.165, 1.54) is 0 Å². The first-order valence-electron chi connectivity index (χ1n) is 5.77. The number of hydrogen-bond donors (Lipinski definition) is 0. The number of benzene rings is 1. The smallest absolute Gasteiger partial charge is 0.308 e. The molecule has 1 aromatic rings. The lowest BCUT2D eigenvalue weighted by atomic mass is 10.2. The molecule has 4 nitrogen and oxygen atoms in total. The molecule has 0 aromatic heterocycles. The lowest BCUT2D eigenvalue weighted by Gasteiger charge is -2.24. The monoisotopic (exact) mass is 319 g/mol. The molecule has 0 spiro atoms. The first-order valence-corrected chi connectivity index (χ1v) is 8.64. The zero-order valence-electron chi connectivity index (χ0n) is 10.7. The molecular formula is C12H15ClNO3PS. The Balaban J connectivity index is 3.22. The maximum Gasteiger partial charge on any atom is 0.349 e. The van der Waals surface area contributed by atoms with Gasteiger partial charge in [0.25, 0.3) is 0 Å². The summed E-state index contributed by atoms with van der Waals surface area (Å²) < 4.78 is 23.4. The standard InChI is InChI=1S/C12H15ClNO3PS/c1-3-16-18(15,17-4-2)12(19-9-14)10-7-5-6-8-11(10)13/h5-8,12H,3-4H2,1-2H3. The summed E-state index contributed by atoms with van der Waals surface area (Å²) in [6.07, 6.45) is 0. The SMILES string of the molecule is CCOP(=O)(OCC)C(SC#N)c1ccccc1Cl. The van der Waals surface area contributed by atoms with Gasteiger partial charge in [-0.1, -0.05) is 29.8 Å². The highest BCUT2D eigenvalue weighted by Gasteiger charge is 2.38. The number of halogens is 1. The molecule has 1 unspecified atom stereocenters. The van der Waals surface area contributed by atoms with Gasteiger partial charge in [0.2, 0.25) is 0 Å². The van der Waals surface area contributed by atoms with Crippen LogP contribution in [-0.2, 0) is 13.6 Å². The molecule has 19 heavy (non-hydrogen) atoms. The van der Waals surface area contributed by atoms with Gasteiger partial charge in [-0.05, 0) is 37.2 Å². The summed E-state index contributed by atoms with van der Waals surface area (Å²) in [5.74, 6) is 0. The molecule has 104 valence electrons. The summed E-state index contributed by atoms with van der Waals surface area (Å²) in [5.41, 5.74) is 0.584. The Labute approximate surface area is 122 Å². The van der Waals surface area contributed by atoms with Gasteiger partial charge in [0, 0.05) is 5.02 Å². The van der Waals surface area contributed by atoms with Crippen LogP contribution >= 0.6 is 31.0 Å². The van der Waals surface area contributed by atoms with Crippen molar-refractivity contribution in [3.8, 4) is 5.40 Å². The number of nitriles is 1. The van der Waals surface area contributed by atoms with Crippen molar-refractivity contribution in [1.82, 2.24) is 0 Å². The van der Waals surface area contributed by atoms with Crippen LogP contribution in [-0.4, -0.2) is 13.2 Å². The summed E-state index contributed by atoms with van der Waals surface area (Å²) in [6.45, 7) is 3.94. The maximum absolute atomic E-state index is 12.8. The van der Waals surface area contributed by atoms with Gasteiger partial charge in [-0.15, -0.1) is 0 Å². The third kappa shape index (κ3) is 4.24. The third-order valence-corrected chi connectivity index (χ3v) is 6.35. The van der Waals surface area contributed by atoms with Gasteiger partial charge >= 0.3 is 7.60 Å².